The number of aliphatic imine (C=N–C) groups is 1. The quantitative estimate of drug-likeness (QED) is 0.0140. The van der Waals surface area contributed by atoms with E-state index < -0.39 is 96.6 Å². The molecule has 8 amide bonds. The maximum absolute atomic E-state index is 14.6. The van der Waals surface area contributed by atoms with Gasteiger partial charge in [0.05, 0.1) is 25.5 Å². The maximum atomic E-state index is 14.6. The number of hydrogen-bond acceptors (Lipinski definition) is 12. The molecular weight excluding hydrogens is 965 g/mol. The molecule has 75 heavy (non-hydrogen) atoms. The van der Waals surface area contributed by atoms with E-state index in [1.54, 1.807) is 20.0 Å². The lowest BCUT2D eigenvalue weighted by atomic mass is 9.99. The van der Waals surface area contributed by atoms with Gasteiger partial charge >= 0.3 is 0 Å². The minimum atomic E-state index is -1.34. The van der Waals surface area contributed by atoms with Crippen molar-refractivity contribution >= 4 is 74.9 Å². The lowest BCUT2D eigenvalue weighted by Crippen LogP contribution is -2.59. The number of para-hydroxylation sites is 1. The first-order chi connectivity index (χ1) is 35.9. The van der Waals surface area contributed by atoms with Gasteiger partial charge in [0.1, 0.15) is 30.2 Å². The van der Waals surface area contributed by atoms with Crippen molar-refractivity contribution in [3.8, 4) is 0 Å². The van der Waals surface area contributed by atoms with Crippen LogP contribution < -0.4 is 65.9 Å². The van der Waals surface area contributed by atoms with Gasteiger partial charge in [0, 0.05) is 54.8 Å². The number of primary amides is 1. The number of hydrogen-bond donors (Lipinski definition) is 14. The summed E-state index contributed by atoms with van der Waals surface area (Å²) in [7, 11) is 0. The highest BCUT2D eigenvalue weighted by atomic mass is 16.2. The van der Waals surface area contributed by atoms with Crippen molar-refractivity contribution in [2.24, 2.45) is 39.6 Å². The van der Waals surface area contributed by atoms with E-state index in [0.29, 0.717) is 36.2 Å². The van der Waals surface area contributed by atoms with E-state index in [0.717, 1.165) is 21.7 Å². The summed E-state index contributed by atoms with van der Waals surface area (Å²) in [5.74, 6) is -6.28. The average Bonchev–Trinajstić information content (AvgIpc) is 4.06. The number of nitrogens with one attached hydrogen (secondary N) is 9. The fourth-order valence-electron chi connectivity index (χ4n) is 8.24. The molecule has 2 heterocycles. The number of nitrogens with two attached hydrogens (primary N) is 5. The van der Waals surface area contributed by atoms with Crippen LogP contribution in [0.2, 0.25) is 0 Å². The summed E-state index contributed by atoms with van der Waals surface area (Å²) in [6.45, 7) is 2.65. The average molecular weight is 1040 g/mol. The highest BCUT2D eigenvalue weighted by molar-refractivity contribution is 5.97. The highest BCUT2D eigenvalue weighted by Crippen LogP contribution is 2.20. The topological polar surface area (TPSA) is 408 Å². The molecule has 6 atom stereocenters. The van der Waals surface area contributed by atoms with Crippen molar-refractivity contribution in [2.45, 2.75) is 101 Å². The number of nitrogens with zero attached hydrogens (tertiary/aromatic N) is 2. The van der Waals surface area contributed by atoms with Gasteiger partial charge in [-0.2, -0.15) is 0 Å². The van der Waals surface area contributed by atoms with Crippen LogP contribution >= 0.6 is 0 Å². The number of H-pyrrole nitrogens is 2. The monoisotopic (exact) mass is 1030 g/mol. The Kier molecular flexibility index (Phi) is 22.1. The van der Waals surface area contributed by atoms with Crippen molar-refractivity contribution in [3.05, 3.63) is 102 Å². The summed E-state index contributed by atoms with van der Waals surface area (Å²) in [5, 5.41) is 21.1. The molecule has 0 bridgehead atoms. The van der Waals surface area contributed by atoms with Crippen molar-refractivity contribution in [1.82, 2.24) is 52.2 Å². The normalized spacial score (nSPS) is 13.6. The Morgan fingerprint density at radius 2 is 1.25 bits per heavy atom. The van der Waals surface area contributed by atoms with Gasteiger partial charge in [-0.1, -0.05) is 74.5 Å². The Balaban J connectivity index is 1.36. The van der Waals surface area contributed by atoms with Crippen molar-refractivity contribution in [1.29, 1.82) is 0 Å². The summed E-state index contributed by atoms with van der Waals surface area (Å²) in [5.41, 5.74) is 31.3. The zero-order valence-corrected chi connectivity index (χ0v) is 42.2. The molecular formula is C51H70N16O8. The summed E-state index contributed by atoms with van der Waals surface area (Å²) in [6.07, 6.45) is 5.98. The summed E-state index contributed by atoms with van der Waals surface area (Å²) in [6, 6.07) is 13.5. The van der Waals surface area contributed by atoms with Crippen LogP contribution in [0.25, 0.3) is 21.7 Å². The Hall–Kier alpha value is -8.38. The van der Waals surface area contributed by atoms with E-state index >= 15 is 0 Å². The van der Waals surface area contributed by atoms with Gasteiger partial charge < -0.3 is 75.9 Å². The number of unbranched alkanes of at least 4 members (excludes halogenated alkanes) is 1. The Bertz CT molecular complexity index is 2770. The van der Waals surface area contributed by atoms with Crippen LogP contribution in [-0.4, -0.2) is 131 Å². The third-order valence-electron chi connectivity index (χ3n) is 12.3. The van der Waals surface area contributed by atoms with E-state index in [1.807, 2.05) is 66.7 Å². The molecule has 0 saturated heterocycles. The molecule has 0 aliphatic rings. The maximum Gasteiger partial charge on any atom is 0.243 e. The molecule has 0 unspecified atom stereocenters. The third kappa shape index (κ3) is 18.3. The van der Waals surface area contributed by atoms with Crippen LogP contribution in [0.5, 0.6) is 0 Å². The first-order valence-electron chi connectivity index (χ1n) is 24.8. The molecule has 2 aromatic heterocycles. The largest absolute Gasteiger partial charge is 0.370 e. The van der Waals surface area contributed by atoms with Crippen LogP contribution in [-0.2, 0) is 57.6 Å². The van der Waals surface area contributed by atoms with Gasteiger partial charge in [-0.15, -0.1) is 0 Å². The third-order valence-corrected chi connectivity index (χ3v) is 12.3. The molecule has 0 fully saturated rings. The number of carbonyl (C=O) groups excluding carboxylic acids is 8. The number of imidazole rings is 1. The van der Waals surface area contributed by atoms with Gasteiger partial charge in [0.15, 0.2) is 5.96 Å². The zero-order valence-electron chi connectivity index (χ0n) is 42.2. The van der Waals surface area contributed by atoms with Crippen LogP contribution in [0.15, 0.2) is 90.4 Å². The predicted molar refractivity (Wildman–Crippen MR) is 282 cm³/mol. The standard InChI is InChI=1S/C51H70N16O8/c1-29(2)44(45(54)70)67-43(69)27-60-47(72)38(14-7-8-18-52)63-42(68)26-61-48(73)41(22-33-24-59-37-13-6-5-12-35(33)37)66-49(74)39(15-9-19-58-51(55)56)64-50(75)40(65-46(71)36(53)23-34-25-57-28-62-34)21-30-16-17-31-10-3-4-11-32(31)20-30/h3-6,10-13,16-17,20,24-25,28-29,36,38-41,44,59H,7-9,14-15,18-19,21-23,26-27,52-53H2,1-2H3,(H2,54,70)(H,57,62)(H,60,72)(H,61,73)(H,63,68)(H,64,75)(H,65,71)(H,66,74)(H,67,69)(H4,55,56,58)/t36-,38-,39-,40+,41-,44-/m0/s1. The number of benzene rings is 3. The van der Waals surface area contributed by atoms with Gasteiger partial charge in [-0.3, -0.25) is 43.3 Å². The summed E-state index contributed by atoms with van der Waals surface area (Å²) >= 11 is 0. The van der Waals surface area contributed by atoms with Crippen LogP contribution in [0.4, 0.5) is 0 Å². The number of rotatable bonds is 30. The van der Waals surface area contributed by atoms with Crippen LogP contribution in [0.3, 0.4) is 0 Å². The second-order valence-electron chi connectivity index (χ2n) is 18.5. The Morgan fingerprint density at radius 1 is 0.640 bits per heavy atom. The molecule has 0 saturated carbocycles. The molecule has 0 aliphatic carbocycles. The first-order valence-corrected chi connectivity index (χ1v) is 24.8. The summed E-state index contributed by atoms with van der Waals surface area (Å²) in [4.78, 5) is 122. The van der Waals surface area contributed by atoms with Gasteiger partial charge in [0.2, 0.25) is 47.3 Å². The minimum Gasteiger partial charge on any atom is -0.370 e. The van der Waals surface area contributed by atoms with Gasteiger partial charge in [0.25, 0.3) is 0 Å². The summed E-state index contributed by atoms with van der Waals surface area (Å²) < 4.78 is 0. The van der Waals surface area contributed by atoms with Gasteiger partial charge in [-0.25, -0.2) is 4.98 Å². The van der Waals surface area contributed by atoms with E-state index in [9.17, 15) is 38.4 Å². The molecule has 24 heteroatoms. The lowest BCUT2D eigenvalue weighted by molar-refractivity contribution is -0.134. The van der Waals surface area contributed by atoms with Crippen LogP contribution in [0.1, 0.15) is 62.8 Å². The smallest absolute Gasteiger partial charge is 0.243 e. The molecule has 3 aromatic carbocycles. The van der Waals surface area contributed by atoms with Crippen LogP contribution in [0, 0.1) is 5.92 Å². The number of aromatic amines is 2. The fourth-order valence-corrected chi connectivity index (χ4v) is 8.24. The second-order valence-corrected chi connectivity index (χ2v) is 18.5. The Labute approximate surface area is 433 Å². The number of aromatic nitrogens is 3. The second kappa shape index (κ2) is 28.8. The lowest BCUT2D eigenvalue weighted by Gasteiger charge is -2.26. The van der Waals surface area contributed by atoms with E-state index in [-0.39, 0.29) is 56.9 Å². The van der Waals surface area contributed by atoms with E-state index in [4.69, 9.17) is 28.7 Å². The first kappa shape index (κ1) is 57.5. The van der Waals surface area contributed by atoms with Crippen molar-refractivity contribution in [3.63, 3.8) is 0 Å². The van der Waals surface area contributed by atoms with Crippen molar-refractivity contribution in [2.75, 3.05) is 26.2 Å². The van der Waals surface area contributed by atoms with E-state index in [2.05, 4.69) is 57.2 Å². The Morgan fingerprint density at radius 3 is 1.93 bits per heavy atom. The fraction of sp³-hybridized carbons (Fsp3) is 0.412. The molecule has 24 nitrogen and oxygen atoms in total. The minimum absolute atomic E-state index is 0.00965. The molecule has 5 aromatic rings. The van der Waals surface area contributed by atoms with Gasteiger partial charge in [-0.05, 0) is 72.5 Å². The number of amides is 8. The zero-order chi connectivity index (χ0) is 54.4. The molecule has 5 rings (SSSR count). The highest BCUT2D eigenvalue weighted by Gasteiger charge is 2.32. The number of guanidine groups is 1. The molecule has 402 valence electrons. The predicted octanol–water partition coefficient (Wildman–Crippen LogP) is -1.62. The molecule has 0 radical (unpaired) electrons. The number of carbonyl (C=O) groups is 8. The number of fused-ring (bicyclic) bond motifs is 2. The SMILES string of the molecule is CC(C)[C@H](NC(=O)CNC(=O)[C@H](CCCCN)NC(=O)CNC(=O)[C@H](Cc1c[nH]c2ccccc12)NC(=O)[C@H](CCCN=C(N)N)NC(=O)[C@@H](Cc1ccc2ccccc2c1)NC(=O)[C@@H](N)Cc1cnc[nH]1)C(N)=O. The molecule has 19 N–H and O–H groups in total. The molecule has 0 aliphatic heterocycles. The van der Waals surface area contributed by atoms with E-state index in [1.165, 1.54) is 12.5 Å². The molecule has 0 spiro atoms. The van der Waals surface area contributed by atoms with Crippen molar-refractivity contribution < 1.29 is 38.4 Å².